The fourth-order valence-corrected chi connectivity index (χ4v) is 4.75. The molecule has 5 rings (SSSR count). The zero-order valence-corrected chi connectivity index (χ0v) is 24.7. The van der Waals surface area contributed by atoms with Crippen LogP contribution in [0.4, 0.5) is 0 Å². The summed E-state index contributed by atoms with van der Waals surface area (Å²) < 4.78 is 9.32. The first-order valence-corrected chi connectivity index (χ1v) is 13.8. The molecule has 0 radical (unpaired) electrons. The summed E-state index contributed by atoms with van der Waals surface area (Å²) in [6, 6.07) is 20.9. The van der Waals surface area contributed by atoms with Crippen LogP contribution in [0.3, 0.4) is 0 Å². The minimum atomic E-state index is -0.835. The summed E-state index contributed by atoms with van der Waals surface area (Å²) in [5, 5.41) is 1.45. The van der Waals surface area contributed by atoms with Crippen molar-refractivity contribution < 1.29 is 9.53 Å². The van der Waals surface area contributed by atoms with E-state index in [1.165, 1.54) is 4.57 Å². The number of carbonyl (C=O) groups is 1. The second-order valence-electron chi connectivity index (χ2n) is 10.4. The van der Waals surface area contributed by atoms with Crippen LogP contribution >= 0.6 is 34.8 Å². The lowest BCUT2D eigenvalue weighted by Crippen LogP contribution is -2.42. The SMILES string of the molecule is CC(C)(C)C(=O)OCn1c(=O)c2c(nc(-c3ccccc3Cl)n2-c2ccc(Cl)cc2)n(Cc2ccc(Cl)cc2)c1=O. The van der Waals surface area contributed by atoms with E-state index in [4.69, 9.17) is 44.5 Å². The molecule has 0 unspecified atom stereocenters. The number of fused-ring (bicyclic) bond motifs is 1. The summed E-state index contributed by atoms with van der Waals surface area (Å²) >= 11 is 18.8. The summed E-state index contributed by atoms with van der Waals surface area (Å²) in [7, 11) is 0. The van der Waals surface area contributed by atoms with E-state index in [2.05, 4.69) is 0 Å². The predicted molar refractivity (Wildman–Crippen MR) is 161 cm³/mol. The molecule has 2 heterocycles. The molecule has 0 amide bonds. The number of imidazole rings is 1. The first-order valence-electron chi connectivity index (χ1n) is 12.6. The highest BCUT2D eigenvalue weighted by molar-refractivity contribution is 6.33. The van der Waals surface area contributed by atoms with Crippen molar-refractivity contribution in [2.75, 3.05) is 0 Å². The molecule has 0 atom stereocenters. The molecule has 8 nitrogen and oxygen atoms in total. The van der Waals surface area contributed by atoms with Gasteiger partial charge < -0.3 is 4.74 Å². The summed E-state index contributed by atoms with van der Waals surface area (Å²) in [6.45, 7) is 4.56. The molecule has 0 aliphatic heterocycles. The molecule has 210 valence electrons. The number of halogens is 3. The van der Waals surface area contributed by atoms with E-state index in [0.717, 1.165) is 10.1 Å². The molecule has 0 aliphatic rings. The average molecular weight is 612 g/mol. The average Bonchev–Trinajstić information content (AvgIpc) is 3.32. The summed E-state index contributed by atoms with van der Waals surface area (Å²) in [5.74, 6) is -0.213. The third-order valence-corrected chi connectivity index (χ3v) is 7.25. The largest absolute Gasteiger partial charge is 0.443 e. The van der Waals surface area contributed by atoms with Crippen LogP contribution in [0.5, 0.6) is 0 Å². The van der Waals surface area contributed by atoms with Gasteiger partial charge in [0.1, 0.15) is 5.82 Å². The molecule has 0 saturated carbocycles. The molecule has 0 saturated heterocycles. The van der Waals surface area contributed by atoms with Crippen LogP contribution in [0.15, 0.2) is 82.4 Å². The molecule has 3 aromatic carbocycles. The van der Waals surface area contributed by atoms with Gasteiger partial charge in [-0.2, -0.15) is 0 Å². The number of ether oxygens (including phenoxy) is 1. The highest BCUT2D eigenvalue weighted by atomic mass is 35.5. The van der Waals surface area contributed by atoms with Gasteiger partial charge in [0.2, 0.25) is 0 Å². The van der Waals surface area contributed by atoms with Crippen molar-refractivity contribution in [1.82, 2.24) is 18.7 Å². The Morgan fingerprint density at radius 1 is 0.854 bits per heavy atom. The van der Waals surface area contributed by atoms with Crippen molar-refractivity contribution in [3.8, 4) is 17.1 Å². The van der Waals surface area contributed by atoms with E-state index in [0.29, 0.717) is 32.1 Å². The van der Waals surface area contributed by atoms with Crippen molar-refractivity contribution in [3.05, 3.63) is 114 Å². The second kappa shape index (κ2) is 11.2. The van der Waals surface area contributed by atoms with E-state index in [1.807, 2.05) is 0 Å². The Bertz CT molecular complexity index is 1880. The van der Waals surface area contributed by atoms with Crippen LogP contribution in [0, 0.1) is 5.41 Å². The summed E-state index contributed by atoms with van der Waals surface area (Å²) in [5.41, 5.74) is -0.103. The monoisotopic (exact) mass is 610 g/mol. The fraction of sp³-hybridized carbons (Fsp3) is 0.200. The standard InChI is InChI=1S/C30H25Cl3N4O4/c1-30(2,3)28(39)41-17-36-27(38)24-26(35(29(36)40)16-18-8-10-19(31)11-9-18)34-25(22-6-4-5-7-23(22)33)37(24)21-14-12-20(32)13-15-21/h4-15H,16-17H2,1-3H3. The lowest BCUT2D eigenvalue weighted by molar-refractivity contribution is -0.157. The number of hydrogen-bond acceptors (Lipinski definition) is 5. The molecule has 11 heteroatoms. The lowest BCUT2D eigenvalue weighted by Gasteiger charge is -2.18. The number of nitrogens with zero attached hydrogens (tertiary/aromatic N) is 4. The van der Waals surface area contributed by atoms with Crippen molar-refractivity contribution in [2.45, 2.75) is 34.0 Å². The number of esters is 1. The van der Waals surface area contributed by atoms with Gasteiger partial charge in [0, 0.05) is 21.3 Å². The predicted octanol–water partition coefficient (Wildman–Crippen LogP) is 6.57. The molecular formula is C30H25Cl3N4O4. The highest BCUT2D eigenvalue weighted by Gasteiger charge is 2.27. The van der Waals surface area contributed by atoms with Crippen LogP contribution in [-0.4, -0.2) is 24.7 Å². The van der Waals surface area contributed by atoms with Crippen LogP contribution in [0.1, 0.15) is 26.3 Å². The van der Waals surface area contributed by atoms with Crippen LogP contribution in [-0.2, 0) is 22.8 Å². The van der Waals surface area contributed by atoms with E-state index in [9.17, 15) is 14.4 Å². The highest BCUT2D eigenvalue weighted by Crippen LogP contribution is 2.32. The van der Waals surface area contributed by atoms with E-state index in [1.54, 1.807) is 98.1 Å². The topological polar surface area (TPSA) is 88.1 Å². The third kappa shape index (κ3) is 5.68. The van der Waals surface area contributed by atoms with Crippen LogP contribution in [0.2, 0.25) is 15.1 Å². The Balaban J connectivity index is 1.85. The molecule has 0 bridgehead atoms. The number of carbonyl (C=O) groups excluding carboxylic acids is 1. The van der Waals surface area contributed by atoms with Gasteiger partial charge in [-0.3, -0.25) is 18.7 Å². The molecule has 2 aromatic heterocycles. The smallest absolute Gasteiger partial charge is 0.335 e. The van der Waals surface area contributed by atoms with Crippen molar-refractivity contribution >= 4 is 51.9 Å². The lowest BCUT2D eigenvalue weighted by atomic mass is 9.98. The number of aromatic nitrogens is 4. The number of hydrogen-bond donors (Lipinski definition) is 0. The number of benzene rings is 3. The van der Waals surface area contributed by atoms with E-state index >= 15 is 0 Å². The Kier molecular flexibility index (Phi) is 7.83. The van der Waals surface area contributed by atoms with Gasteiger partial charge in [0.25, 0.3) is 5.56 Å². The van der Waals surface area contributed by atoms with Crippen molar-refractivity contribution in [1.29, 1.82) is 0 Å². The summed E-state index contributed by atoms with van der Waals surface area (Å²) in [4.78, 5) is 45.3. The Morgan fingerprint density at radius 3 is 2.07 bits per heavy atom. The summed E-state index contributed by atoms with van der Waals surface area (Å²) in [6.07, 6.45) is 0. The van der Waals surface area contributed by atoms with Gasteiger partial charge in [0.15, 0.2) is 17.9 Å². The first-order chi connectivity index (χ1) is 19.5. The molecule has 41 heavy (non-hydrogen) atoms. The van der Waals surface area contributed by atoms with Crippen LogP contribution < -0.4 is 11.2 Å². The van der Waals surface area contributed by atoms with Gasteiger partial charge in [-0.25, -0.2) is 14.3 Å². The molecule has 0 fully saturated rings. The van der Waals surface area contributed by atoms with Gasteiger partial charge in [0.05, 0.1) is 17.0 Å². The van der Waals surface area contributed by atoms with Gasteiger partial charge >= 0.3 is 11.7 Å². The Morgan fingerprint density at radius 2 is 1.46 bits per heavy atom. The van der Waals surface area contributed by atoms with E-state index in [-0.39, 0.29) is 17.7 Å². The molecular weight excluding hydrogens is 587 g/mol. The maximum absolute atomic E-state index is 14.1. The minimum Gasteiger partial charge on any atom is -0.443 e. The Hall–Kier alpha value is -3.85. The number of rotatable bonds is 6. The molecule has 0 spiro atoms. The Labute approximate surface area is 250 Å². The van der Waals surface area contributed by atoms with Crippen molar-refractivity contribution in [3.63, 3.8) is 0 Å². The maximum Gasteiger partial charge on any atom is 0.335 e. The maximum atomic E-state index is 14.1. The molecule has 0 aliphatic carbocycles. The minimum absolute atomic E-state index is 0.0690. The fourth-order valence-electron chi connectivity index (χ4n) is 4.27. The molecule has 0 N–H and O–H groups in total. The van der Waals surface area contributed by atoms with Gasteiger partial charge in [-0.1, -0.05) is 59.1 Å². The van der Waals surface area contributed by atoms with Gasteiger partial charge in [-0.15, -0.1) is 0 Å². The zero-order chi connectivity index (χ0) is 29.5. The van der Waals surface area contributed by atoms with E-state index < -0.39 is 29.4 Å². The van der Waals surface area contributed by atoms with Crippen LogP contribution in [0.25, 0.3) is 28.2 Å². The second-order valence-corrected chi connectivity index (χ2v) is 11.7. The zero-order valence-electron chi connectivity index (χ0n) is 22.4. The third-order valence-electron chi connectivity index (χ3n) is 6.41. The normalized spacial score (nSPS) is 11.7. The van der Waals surface area contributed by atoms with Gasteiger partial charge in [-0.05, 0) is 74.9 Å². The quantitative estimate of drug-likeness (QED) is 0.203. The van der Waals surface area contributed by atoms with Crippen molar-refractivity contribution in [2.24, 2.45) is 5.41 Å². The first kappa shape index (κ1) is 28.7. The molecule has 5 aromatic rings.